The molecule has 1 aliphatic rings. The van der Waals surface area contributed by atoms with Gasteiger partial charge in [0.25, 0.3) is 11.8 Å². The van der Waals surface area contributed by atoms with E-state index in [-0.39, 0.29) is 21.9 Å². The summed E-state index contributed by atoms with van der Waals surface area (Å²) in [6.45, 7) is 0. The smallest absolute Gasteiger partial charge is 0.339 e. The average Bonchev–Trinajstić information content (AvgIpc) is 2.78. The van der Waals surface area contributed by atoms with Crippen LogP contribution in [0.2, 0.25) is 10.0 Å². The topological polar surface area (TPSA) is 110 Å². The first-order valence-electron chi connectivity index (χ1n) is 9.61. The van der Waals surface area contributed by atoms with Crippen LogP contribution >= 0.6 is 23.2 Å². The van der Waals surface area contributed by atoms with Gasteiger partial charge in [-0.15, -0.1) is 0 Å². The summed E-state index contributed by atoms with van der Waals surface area (Å²) in [5, 5.41) is 2.81. The number of carbonyl (C=O) groups is 3. The number of nitrogens with zero attached hydrogens (tertiary/aromatic N) is 1. The van der Waals surface area contributed by atoms with Crippen molar-refractivity contribution in [1.29, 1.82) is 0 Å². The molecule has 3 aromatic carbocycles. The molecule has 4 rings (SSSR count). The van der Waals surface area contributed by atoms with E-state index in [1.807, 2.05) is 0 Å². The predicted octanol–water partition coefficient (Wildman–Crippen LogP) is 4.43. The Bertz CT molecular complexity index is 1440. The lowest BCUT2D eigenvalue weighted by Gasteiger charge is -2.26. The lowest BCUT2D eigenvalue weighted by atomic mass is 10.1. The van der Waals surface area contributed by atoms with E-state index in [2.05, 4.69) is 5.32 Å². The summed E-state index contributed by atoms with van der Waals surface area (Å²) in [6.07, 6.45) is 1.28. The fourth-order valence-corrected chi connectivity index (χ4v) is 4.31. The first-order valence-corrected chi connectivity index (χ1v) is 11.8. The Morgan fingerprint density at radius 3 is 2.18 bits per heavy atom. The molecule has 0 atom stereocenters. The fraction of sp³-hybridized carbons (Fsp3) is 0. The van der Waals surface area contributed by atoms with Crippen molar-refractivity contribution in [1.82, 2.24) is 5.32 Å². The number of imide groups is 2. The maximum Gasteiger partial charge on any atom is 0.339 e. The van der Waals surface area contributed by atoms with E-state index in [9.17, 15) is 22.8 Å². The minimum atomic E-state index is -4.08. The van der Waals surface area contributed by atoms with Crippen LogP contribution in [0, 0.1) is 0 Å². The Labute approximate surface area is 204 Å². The molecule has 34 heavy (non-hydrogen) atoms. The maximum absolute atomic E-state index is 12.9. The number of urea groups is 1. The van der Waals surface area contributed by atoms with E-state index < -0.39 is 28.0 Å². The maximum atomic E-state index is 12.9. The SMILES string of the molecule is O=C1NC(=O)N(c2cccc(Cl)c2)C(=O)/C1=C/c1ccc(OS(=O)(=O)c2ccc(Cl)cc2)cc1. The highest BCUT2D eigenvalue weighted by Gasteiger charge is 2.36. The lowest BCUT2D eigenvalue weighted by Crippen LogP contribution is -2.54. The quantitative estimate of drug-likeness (QED) is 0.305. The number of amides is 4. The number of rotatable bonds is 5. The number of nitrogens with one attached hydrogen (secondary N) is 1. The number of halogens is 2. The van der Waals surface area contributed by atoms with E-state index in [0.29, 0.717) is 15.6 Å². The third-order valence-corrected chi connectivity index (χ3v) is 6.42. The zero-order valence-corrected chi connectivity index (χ0v) is 19.4. The van der Waals surface area contributed by atoms with Gasteiger partial charge in [0.05, 0.1) is 5.69 Å². The van der Waals surface area contributed by atoms with Gasteiger partial charge in [-0.25, -0.2) is 9.69 Å². The van der Waals surface area contributed by atoms with Crippen molar-refractivity contribution in [3.8, 4) is 5.75 Å². The van der Waals surface area contributed by atoms with E-state index >= 15 is 0 Å². The zero-order chi connectivity index (χ0) is 24.5. The molecule has 0 unspecified atom stereocenters. The van der Waals surface area contributed by atoms with Crippen molar-refractivity contribution in [2.75, 3.05) is 4.90 Å². The van der Waals surface area contributed by atoms with Crippen LogP contribution < -0.4 is 14.4 Å². The van der Waals surface area contributed by atoms with Gasteiger partial charge in [0.1, 0.15) is 16.2 Å². The summed E-state index contributed by atoms with van der Waals surface area (Å²) in [6, 6.07) is 16.3. The molecule has 0 bridgehead atoms. The lowest BCUT2D eigenvalue weighted by molar-refractivity contribution is -0.122. The number of carbonyl (C=O) groups excluding carboxylic acids is 3. The molecule has 4 amide bonds. The standard InChI is InChI=1S/C23H14Cl2N2O6S/c24-15-6-10-19(11-7-15)34(31,32)33-18-8-4-14(5-9-18)12-20-21(28)26-23(30)27(22(20)29)17-3-1-2-16(25)13-17/h1-13H,(H,26,28,30)/b20-12+. The highest BCUT2D eigenvalue weighted by molar-refractivity contribution is 7.87. The summed E-state index contributed by atoms with van der Waals surface area (Å²) in [5.41, 5.74) is 0.307. The molecular formula is C23H14Cl2N2O6S. The van der Waals surface area contributed by atoms with Gasteiger partial charge in [0, 0.05) is 10.0 Å². The van der Waals surface area contributed by atoms with Gasteiger partial charge in [-0.3, -0.25) is 14.9 Å². The minimum absolute atomic E-state index is 0.0206. The molecule has 0 spiro atoms. The Morgan fingerprint density at radius 2 is 1.53 bits per heavy atom. The summed E-state index contributed by atoms with van der Waals surface area (Å²) < 4.78 is 29.9. The van der Waals surface area contributed by atoms with Crippen LogP contribution in [0.25, 0.3) is 6.08 Å². The molecule has 1 saturated heterocycles. The molecule has 1 fully saturated rings. The van der Waals surface area contributed by atoms with Crippen molar-refractivity contribution in [2.24, 2.45) is 0 Å². The average molecular weight is 517 g/mol. The molecule has 1 heterocycles. The van der Waals surface area contributed by atoms with Crippen molar-refractivity contribution >= 4 is 62.9 Å². The molecular weight excluding hydrogens is 503 g/mol. The van der Waals surface area contributed by atoms with Crippen LogP contribution in [0.5, 0.6) is 5.75 Å². The Kier molecular flexibility index (Phi) is 6.43. The third kappa shape index (κ3) is 4.96. The van der Waals surface area contributed by atoms with E-state index in [1.165, 1.54) is 66.7 Å². The van der Waals surface area contributed by atoms with Crippen molar-refractivity contribution in [2.45, 2.75) is 4.90 Å². The number of hydrogen-bond donors (Lipinski definition) is 1. The highest BCUT2D eigenvalue weighted by atomic mass is 35.5. The van der Waals surface area contributed by atoms with Gasteiger partial charge >= 0.3 is 16.1 Å². The zero-order valence-electron chi connectivity index (χ0n) is 17.1. The van der Waals surface area contributed by atoms with Crippen molar-refractivity contribution in [3.63, 3.8) is 0 Å². The molecule has 3 aromatic rings. The number of benzene rings is 3. The Balaban J connectivity index is 1.57. The predicted molar refractivity (Wildman–Crippen MR) is 126 cm³/mol. The molecule has 11 heteroatoms. The molecule has 0 saturated carbocycles. The van der Waals surface area contributed by atoms with Crippen LogP contribution in [-0.4, -0.2) is 26.3 Å². The molecule has 8 nitrogen and oxygen atoms in total. The van der Waals surface area contributed by atoms with Crippen molar-refractivity contribution < 1.29 is 27.0 Å². The van der Waals surface area contributed by atoms with Crippen LogP contribution in [0.4, 0.5) is 10.5 Å². The summed E-state index contributed by atoms with van der Waals surface area (Å²) in [4.78, 5) is 38.2. The van der Waals surface area contributed by atoms with Gasteiger partial charge in [0.15, 0.2) is 0 Å². The summed E-state index contributed by atoms with van der Waals surface area (Å²) >= 11 is 11.7. The second-order valence-electron chi connectivity index (χ2n) is 7.00. The van der Waals surface area contributed by atoms with Gasteiger partial charge in [-0.1, -0.05) is 41.4 Å². The number of hydrogen-bond acceptors (Lipinski definition) is 6. The summed E-state index contributed by atoms with van der Waals surface area (Å²) in [7, 11) is -4.08. The number of barbiturate groups is 1. The summed E-state index contributed by atoms with van der Waals surface area (Å²) in [5.74, 6) is -1.67. The van der Waals surface area contributed by atoms with E-state index in [0.717, 1.165) is 4.90 Å². The first kappa shape index (κ1) is 23.5. The monoisotopic (exact) mass is 516 g/mol. The Hall–Kier alpha value is -3.66. The van der Waals surface area contributed by atoms with Gasteiger partial charge in [-0.05, 0) is 66.2 Å². The highest BCUT2D eigenvalue weighted by Crippen LogP contribution is 2.25. The van der Waals surface area contributed by atoms with E-state index in [1.54, 1.807) is 12.1 Å². The van der Waals surface area contributed by atoms with Gasteiger partial charge < -0.3 is 4.18 Å². The minimum Gasteiger partial charge on any atom is -0.379 e. The molecule has 0 aliphatic carbocycles. The second kappa shape index (κ2) is 9.30. The third-order valence-electron chi connectivity index (χ3n) is 4.67. The normalized spacial score (nSPS) is 15.4. The molecule has 172 valence electrons. The second-order valence-corrected chi connectivity index (χ2v) is 9.42. The van der Waals surface area contributed by atoms with Gasteiger partial charge in [-0.2, -0.15) is 8.42 Å². The largest absolute Gasteiger partial charge is 0.379 e. The fourth-order valence-electron chi connectivity index (χ4n) is 3.07. The molecule has 1 aliphatic heterocycles. The van der Waals surface area contributed by atoms with Crippen LogP contribution in [-0.2, 0) is 19.7 Å². The van der Waals surface area contributed by atoms with Crippen molar-refractivity contribution in [3.05, 3.63) is 94.0 Å². The van der Waals surface area contributed by atoms with Crippen LogP contribution in [0.1, 0.15) is 5.56 Å². The molecule has 0 aromatic heterocycles. The first-order chi connectivity index (χ1) is 16.1. The Morgan fingerprint density at radius 1 is 0.853 bits per heavy atom. The molecule has 1 N–H and O–H groups in total. The van der Waals surface area contributed by atoms with Gasteiger partial charge in [0.2, 0.25) is 0 Å². The van der Waals surface area contributed by atoms with E-state index in [4.69, 9.17) is 27.4 Å². The van der Waals surface area contributed by atoms with Crippen LogP contribution in [0.3, 0.4) is 0 Å². The van der Waals surface area contributed by atoms with Crippen LogP contribution in [0.15, 0.2) is 83.3 Å². The number of anilines is 1. The molecule has 0 radical (unpaired) electrons.